The monoisotopic (exact) mass is 349 g/mol. The van der Waals surface area contributed by atoms with Crippen molar-refractivity contribution in [3.63, 3.8) is 0 Å². The molecule has 2 atom stereocenters. The molecular formula is C12H22KO7S. The molecule has 0 aromatic carbocycles. The quantitative estimate of drug-likeness (QED) is 0.401. The van der Waals surface area contributed by atoms with Crippen molar-refractivity contribution in [1.29, 1.82) is 0 Å². The molecule has 1 radical (unpaired) electrons. The molecule has 119 valence electrons. The largest absolute Gasteiger partial charge is 0.481 e. The summed E-state index contributed by atoms with van der Waals surface area (Å²) < 4.78 is 29.5. The molecule has 0 aliphatic carbocycles. The number of unbranched alkanes of at least 4 members (excludes halogenated alkanes) is 1. The SMILES string of the molecule is CCCCC(CC)CC(CC(=O)O)(C(=O)O)S(=O)(=O)O.[K]. The van der Waals surface area contributed by atoms with Gasteiger partial charge < -0.3 is 10.2 Å². The third-order valence-electron chi connectivity index (χ3n) is 3.48. The van der Waals surface area contributed by atoms with Crippen molar-refractivity contribution in [3.05, 3.63) is 0 Å². The molecule has 0 spiro atoms. The van der Waals surface area contributed by atoms with Gasteiger partial charge in [0, 0.05) is 51.4 Å². The van der Waals surface area contributed by atoms with Crippen molar-refractivity contribution in [2.75, 3.05) is 0 Å². The van der Waals surface area contributed by atoms with Crippen LogP contribution in [0.25, 0.3) is 0 Å². The minimum Gasteiger partial charge on any atom is -0.481 e. The van der Waals surface area contributed by atoms with Crippen molar-refractivity contribution < 1.29 is 32.8 Å². The molecule has 0 aromatic heterocycles. The van der Waals surface area contributed by atoms with Gasteiger partial charge in [0.1, 0.15) is 0 Å². The van der Waals surface area contributed by atoms with Gasteiger partial charge in [-0.3, -0.25) is 14.1 Å². The van der Waals surface area contributed by atoms with Crippen LogP contribution in [0.1, 0.15) is 52.4 Å². The molecule has 7 nitrogen and oxygen atoms in total. The maximum absolute atomic E-state index is 11.5. The van der Waals surface area contributed by atoms with Crippen LogP contribution in [-0.4, -0.2) is 91.3 Å². The van der Waals surface area contributed by atoms with Crippen LogP contribution in [0.4, 0.5) is 0 Å². The summed E-state index contributed by atoms with van der Waals surface area (Å²) in [5.41, 5.74) is 0. The van der Waals surface area contributed by atoms with E-state index in [0.29, 0.717) is 12.8 Å². The molecule has 0 bridgehead atoms. The zero-order chi connectivity index (χ0) is 16.0. The number of aliphatic carboxylic acids is 2. The van der Waals surface area contributed by atoms with Crippen LogP contribution >= 0.6 is 0 Å². The van der Waals surface area contributed by atoms with E-state index in [2.05, 4.69) is 0 Å². The van der Waals surface area contributed by atoms with Gasteiger partial charge in [-0.2, -0.15) is 8.42 Å². The van der Waals surface area contributed by atoms with Crippen molar-refractivity contribution in [3.8, 4) is 0 Å². The summed E-state index contributed by atoms with van der Waals surface area (Å²) in [5, 5.41) is 18.0. The Hall–Kier alpha value is 0.486. The Balaban J connectivity index is 0. The molecule has 0 heterocycles. The summed E-state index contributed by atoms with van der Waals surface area (Å²) in [5.74, 6) is -3.67. The van der Waals surface area contributed by atoms with Crippen LogP contribution in [0.2, 0.25) is 0 Å². The Morgan fingerprint density at radius 2 is 1.71 bits per heavy atom. The Bertz CT molecular complexity index is 449. The molecule has 0 fully saturated rings. The first-order valence-corrected chi connectivity index (χ1v) is 7.97. The third kappa shape index (κ3) is 7.06. The first-order valence-electron chi connectivity index (χ1n) is 6.53. The molecule has 9 heteroatoms. The van der Waals surface area contributed by atoms with Crippen LogP contribution in [0, 0.1) is 5.92 Å². The predicted octanol–water partition coefficient (Wildman–Crippen LogP) is 1.40. The fourth-order valence-electron chi connectivity index (χ4n) is 2.20. The topological polar surface area (TPSA) is 129 Å². The maximum Gasteiger partial charge on any atom is 0.328 e. The first-order chi connectivity index (χ1) is 9.10. The number of rotatable bonds is 10. The molecule has 0 aliphatic rings. The van der Waals surface area contributed by atoms with Crippen molar-refractivity contribution in [1.82, 2.24) is 0 Å². The van der Waals surface area contributed by atoms with E-state index in [1.165, 1.54) is 0 Å². The van der Waals surface area contributed by atoms with Gasteiger partial charge in [-0.05, 0) is 12.3 Å². The maximum atomic E-state index is 11.5. The zero-order valence-electron chi connectivity index (χ0n) is 12.7. The van der Waals surface area contributed by atoms with Crippen LogP contribution in [0.3, 0.4) is 0 Å². The molecule has 0 saturated carbocycles. The Kier molecular flexibility index (Phi) is 11.6. The number of carboxylic acid groups (broad SMARTS) is 2. The van der Waals surface area contributed by atoms with Gasteiger partial charge in [-0.25, -0.2) is 0 Å². The number of hydrogen-bond acceptors (Lipinski definition) is 4. The van der Waals surface area contributed by atoms with E-state index in [0.717, 1.165) is 12.8 Å². The molecule has 21 heavy (non-hydrogen) atoms. The summed E-state index contributed by atoms with van der Waals surface area (Å²) in [7, 11) is -5.03. The van der Waals surface area contributed by atoms with E-state index >= 15 is 0 Å². The van der Waals surface area contributed by atoms with Crippen LogP contribution < -0.4 is 0 Å². The van der Waals surface area contributed by atoms with Crippen LogP contribution in [-0.2, 0) is 19.7 Å². The van der Waals surface area contributed by atoms with Gasteiger partial charge in [-0.1, -0.05) is 39.5 Å². The Morgan fingerprint density at radius 3 is 2.00 bits per heavy atom. The van der Waals surface area contributed by atoms with Gasteiger partial charge in [0.25, 0.3) is 10.1 Å². The van der Waals surface area contributed by atoms with Gasteiger partial charge in [0.2, 0.25) is 4.75 Å². The standard InChI is InChI=1S/C12H22O7S.K/c1-3-5-6-9(4-2)7-12(11(15)16,8-10(13)14)20(17,18)19;/h9H,3-8H2,1-2H3,(H,13,14)(H,15,16)(H,17,18,19);. The van der Waals surface area contributed by atoms with Crippen molar-refractivity contribution >= 4 is 73.4 Å². The minimum absolute atomic E-state index is 0. The average molecular weight is 349 g/mol. The van der Waals surface area contributed by atoms with Gasteiger partial charge in [0.05, 0.1) is 6.42 Å². The summed E-state index contributed by atoms with van der Waals surface area (Å²) in [6.45, 7) is 3.72. The van der Waals surface area contributed by atoms with Gasteiger partial charge in [-0.15, -0.1) is 0 Å². The van der Waals surface area contributed by atoms with Crippen LogP contribution in [0.5, 0.6) is 0 Å². The van der Waals surface area contributed by atoms with Crippen LogP contribution in [0.15, 0.2) is 0 Å². The first kappa shape index (κ1) is 23.7. The van der Waals surface area contributed by atoms with E-state index in [1.807, 2.05) is 6.92 Å². The summed E-state index contributed by atoms with van der Waals surface area (Å²) in [6.07, 6.45) is 1.21. The molecule has 2 unspecified atom stereocenters. The second-order valence-electron chi connectivity index (χ2n) is 4.97. The molecular weight excluding hydrogens is 327 g/mol. The fourth-order valence-corrected chi connectivity index (χ4v) is 3.17. The summed E-state index contributed by atoms with van der Waals surface area (Å²) in [6, 6.07) is 0. The number of carbonyl (C=O) groups is 2. The van der Waals surface area contributed by atoms with Crippen molar-refractivity contribution in [2.45, 2.75) is 57.1 Å². The molecule has 0 rings (SSSR count). The number of hydrogen-bond donors (Lipinski definition) is 3. The van der Waals surface area contributed by atoms with E-state index in [9.17, 15) is 27.7 Å². The van der Waals surface area contributed by atoms with E-state index in [-0.39, 0.29) is 57.3 Å². The van der Waals surface area contributed by atoms with E-state index < -0.39 is 39.6 Å². The van der Waals surface area contributed by atoms with E-state index in [1.54, 1.807) is 6.92 Å². The van der Waals surface area contributed by atoms with E-state index in [4.69, 9.17) is 5.11 Å². The average Bonchev–Trinajstić information content (AvgIpc) is 2.30. The van der Waals surface area contributed by atoms with Crippen molar-refractivity contribution in [2.24, 2.45) is 5.92 Å². The molecule has 0 saturated heterocycles. The Morgan fingerprint density at radius 1 is 1.19 bits per heavy atom. The van der Waals surface area contributed by atoms with Gasteiger partial charge in [0.15, 0.2) is 0 Å². The summed E-state index contributed by atoms with van der Waals surface area (Å²) >= 11 is 0. The molecule has 0 aromatic rings. The van der Waals surface area contributed by atoms with Gasteiger partial charge >= 0.3 is 11.9 Å². The predicted molar refractivity (Wildman–Crippen MR) is 77.8 cm³/mol. The smallest absolute Gasteiger partial charge is 0.328 e. The zero-order valence-corrected chi connectivity index (χ0v) is 16.6. The third-order valence-corrected chi connectivity index (χ3v) is 4.96. The summed E-state index contributed by atoms with van der Waals surface area (Å²) in [4.78, 5) is 22.1. The number of carboxylic acids is 2. The normalized spacial score (nSPS) is 15.6. The minimum atomic E-state index is -5.03. The molecule has 3 N–H and O–H groups in total. The molecule has 0 amide bonds. The Labute approximate surface area is 167 Å². The second kappa shape index (κ2) is 10.3. The molecule has 0 aliphatic heterocycles. The second-order valence-corrected chi connectivity index (χ2v) is 6.70. The fraction of sp³-hybridized carbons (Fsp3) is 0.833.